The number of aromatic nitrogens is 2. The third-order valence-corrected chi connectivity index (χ3v) is 3.57. The molecule has 0 aliphatic rings. The van der Waals surface area contributed by atoms with Crippen LogP contribution in [0.4, 0.5) is 4.39 Å². The molecule has 2 rings (SSSR count). The van der Waals surface area contributed by atoms with Crippen molar-refractivity contribution in [2.24, 2.45) is 0 Å². The molecule has 0 aliphatic carbocycles. The molecule has 112 valence electrons. The first-order valence-electron chi connectivity index (χ1n) is 6.97. The van der Waals surface area contributed by atoms with Crippen LogP contribution in [0, 0.1) is 19.7 Å². The summed E-state index contributed by atoms with van der Waals surface area (Å²) in [6.07, 6.45) is 0. The van der Waals surface area contributed by atoms with Gasteiger partial charge in [0, 0.05) is 17.8 Å². The molecule has 0 aliphatic heterocycles. The Morgan fingerprint density at radius 3 is 2.33 bits per heavy atom. The Kier molecular flexibility index (Phi) is 4.53. The van der Waals surface area contributed by atoms with Crippen LogP contribution in [0.1, 0.15) is 48.6 Å². The Hall–Kier alpha value is -2.01. The van der Waals surface area contributed by atoms with Crippen molar-refractivity contribution in [2.75, 3.05) is 0 Å². The van der Waals surface area contributed by atoms with Crippen molar-refractivity contribution in [3.63, 3.8) is 0 Å². The monoisotopic (exact) mass is 289 g/mol. The van der Waals surface area contributed by atoms with Gasteiger partial charge in [0.2, 0.25) is 0 Å². The zero-order valence-corrected chi connectivity index (χ0v) is 12.7. The molecule has 0 amide bonds. The Bertz CT molecular complexity index is 679. The van der Waals surface area contributed by atoms with Crippen LogP contribution in [-0.2, 0) is 0 Å². The Labute approximate surface area is 123 Å². The van der Waals surface area contributed by atoms with Gasteiger partial charge in [-0.2, -0.15) is 0 Å². The van der Waals surface area contributed by atoms with Gasteiger partial charge in [-0.1, -0.05) is 12.1 Å². The number of benzene rings is 1. The lowest BCUT2D eigenvalue weighted by molar-refractivity contribution is 0.487. The number of hydrogen-bond acceptors (Lipinski definition) is 3. The predicted octanol–water partition coefficient (Wildman–Crippen LogP) is 2.94. The number of hydrogen-bond donors (Lipinski definition) is 2. The summed E-state index contributed by atoms with van der Waals surface area (Å²) < 4.78 is 12.9. The minimum absolute atomic E-state index is 0.000651. The van der Waals surface area contributed by atoms with Gasteiger partial charge in [-0.25, -0.2) is 9.37 Å². The summed E-state index contributed by atoms with van der Waals surface area (Å²) in [7, 11) is 0. The molecule has 0 saturated carbocycles. The van der Waals surface area contributed by atoms with Crippen LogP contribution in [-0.4, -0.2) is 9.97 Å². The second kappa shape index (κ2) is 6.18. The quantitative estimate of drug-likeness (QED) is 0.910. The Morgan fingerprint density at radius 1 is 1.14 bits per heavy atom. The van der Waals surface area contributed by atoms with Gasteiger partial charge in [0.1, 0.15) is 11.6 Å². The van der Waals surface area contributed by atoms with Gasteiger partial charge in [0.05, 0.1) is 5.56 Å². The van der Waals surface area contributed by atoms with E-state index in [2.05, 4.69) is 15.3 Å². The van der Waals surface area contributed by atoms with E-state index in [-0.39, 0.29) is 23.5 Å². The average molecular weight is 289 g/mol. The van der Waals surface area contributed by atoms with E-state index in [1.807, 2.05) is 20.8 Å². The first-order chi connectivity index (χ1) is 9.88. The maximum atomic E-state index is 12.9. The molecule has 21 heavy (non-hydrogen) atoms. The van der Waals surface area contributed by atoms with E-state index in [4.69, 9.17) is 0 Å². The third-order valence-electron chi connectivity index (χ3n) is 3.57. The maximum absolute atomic E-state index is 12.9. The zero-order chi connectivity index (χ0) is 15.6. The molecule has 1 heterocycles. The fourth-order valence-electron chi connectivity index (χ4n) is 2.55. The molecule has 4 nitrogen and oxygen atoms in total. The fraction of sp³-hybridized carbons (Fsp3) is 0.375. The highest BCUT2D eigenvalue weighted by molar-refractivity contribution is 5.23. The summed E-state index contributed by atoms with van der Waals surface area (Å²) >= 11 is 0. The van der Waals surface area contributed by atoms with Crippen LogP contribution in [0.3, 0.4) is 0 Å². The molecule has 0 radical (unpaired) electrons. The van der Waals surface area contributed by atoms with Crippen LogP contribution in [0.25, 0.3) is 0 Å². The first-order valence-corrected chi connectivity index (χ1v) is 6.97. The summed E-state index contributed by atoms with van der Waals surface area (Å²) in [6.45, 7) is 7.50. The Morgan fingerprint density at radius 2 is 1.76 bits per heavy atom. The first kappa shape index (κ1) is 15.4. The molecule has 1 aromatic heterocycles. The van der Waals surface area contributed by atoms with Crippen LogP contribution in [0.2, 0.25) is 0 Å². The SMILES string of the molecule is Cc1nc(C)c(C(C)N[C@H](C)c2ccc(F)cc2)c(=O)[nH]1. The highest BCUT2D eigenvalue weighted by Crippen LogP contribution is 2.19. The van der Waals surface area contributed by atoms with Crippen LogP contribution < -0.4 is 10.9 Å². The normalized spacial score (nSPS) is 14.0. The van der Waals surface area contributed by atoms with Crippen molar-refractivity contribution in [2.45, 2.75) is 39.8 Å². The van der Waals surface area contributed by atoms with E-state index < -0.39 is 0 Å². The van der Waals surface area contributed by atoms with Gasteiger partial charge >= 0.3 is 0 Å². The van der Waals surface area contributed by atoms with Crippen molar-refractivity contribution in [3.05, 3.63) is 63.1 Å². The average Bonchev–Trinajstić information content (AvgIpc) is 2.37. The number of nitrogens with one attached hydrogen (secondary N) is 2. The lowest BCUT2D eigenvalue weighted by Crippen LogP contribution is -2.29. The topological polar surface area (TPSA) is 57.8 Å². The molecule has 0 bridgehead atoms. The highest BCUT2D eigenvalue weighted by Gasteiger charge is 2.17. The summed E-state index contributed by atoms with van der Waals surface area (Å²) in [5.74, 6) is 0.356. The molecule has 5 heteroatoms. The molecular weight excluding hydrogens is 269 g/mol. The van der Waals surface area contributed by atoms with Crippen molar-refractivity contribution in [1.29, 1.82) is 0 Å². The number of nitrogens with zero attached hydrogens (tertiary/aromatic N) is 1. The van der Waals surface area contributed by atoms with E-state index in [0.29, 0.717) is 11.4 Å². The second-order valence-corrected chi connectivity index (χ2v) is 5.31. The molecule has 1 unspecified atom stereocenters. The summed E-state index contributed by atoms with van der Waals surface area (Å²) in [6, 6.07) is 6.20. The molecule has 0 fully saturated rings. The lowest BCUT2D eigenvalue weighted by Gasteiger charge is -2.21. The molecule has 1 aromatic carbocycles. The minimum atomic E-state index is -0.256. The van der Waals surface area contributed by atoms with Gasteiger partial charge in [0.15, 0.2) is 0 Å². The fourth-order valence-corrected chi connectivity index (χ4v) is 2.55. The van der Waals surface area contributed by atoms with Crippen molar-refractivity contribution < 1.29 is 4.39 Å². The van der Waals surface area contributed by atoms with E-state index in [0.717, 1.165) is 11.3 Å². The van der Waals surface area contributed by atoms with Gasteiger partial charge in [0.25, 0.3) is 5.56 Å². The van der Waals surface area contributed by atoms with Gasteiger partial charge < -0.3 is 10.3 Å². The van der Waals surface area contributed by atoms with E-state index in [9.17, 15) is 9.18 Å². The van der Waals surface area contributed by atoms with Gasteiger partial charge in [-0.3, -0.25) is 4.79 Å². The largest absolute Gasteiger partial charge is 0.310 e. The number of rotatable bonds is 4. The zero-order valence-electron chi connectivity index (χ0n) is 12.7. The van der Waals surface area contributed by atoms with Crippen molar-refractivity contribution in [1.82, 2.24) is 15.3 Å². The maximum Gasteiger partial charge on any atom is 0.255 e. The molecular formula is C16H20FN3O. The number of halogens is 1. The molecule has 0 saturated heterocycles. The van der Waals surface area contributed by atoms with Gasteiger partial charge in [-0.05, 0) is 45.4 Å². The molecule has 2 atom stereocenters. The third kappa shape index (κ3) is 3.55. The van der Waals surface area contributed by atoms with Crippen molar-refractivity contribution >= 4 is 0 Å². The van der Waals surface area contributed by atoms with Crippen molar-refractivity contribution in [3.8, 4) is 0 Å². The summed E-state index contributed by atoms with van der Waals surface area (Å²) in [5.41, 5.74) is 2.21. The number of aromatic amines is 1. The smallest absolute Gasteiger partial charge is 0.255 e. The van der Waals surface area contributed by atoms with Crippen LogP contribution >= 0.6 is 0 Å². The number of H-pyrrole nitrogens is 1. The van der Waals surface area contributed by atoms with E-state index in [1.54, 1.807) is 19.1 Å². The van der Waals surface area contributed by atoms with E-state index in [1.165, 1.54) is 12.1 Å². The molecule has 2 N–H and O–H groups in total. The minimum Gasteiger partial charge on any atom is -0.310 e. The van der Waals surface area contributed by atoms with Crippen LogP contribution in [0.15, 0.2) is 29.1 Å². The number of aryl methyl sites for hydroxylation is 2. The summed E-state index contributed by atoms with van der Waals surface area (Å²) in [5, 5.41) is 3.35. The predicted molar refractivity (Wildman–Crippen MR) is 80.7 cm³/mol. The standard InChI is InChI=1S/C16H20FN3O/c1-9(13-5-7-14(17)8-6-13)18-10(2)15-11(3)19-12(4)20-16(15)21/h5-10,18H,1-4H3,(H,19,20,21)/t9-,10?/m1/s1. The second-order valence-electron chi connectivity index (χ2n) is 5.31. The summed E-state index contributed by atoms with van der Waals surface area (Å²) in [4.78, 5) is 19.1. The van der Waals surface area contributed by atoms with E-state index >= 15 is 0 Å². The molecule has 2 aromatic rings. The van der Waals surface area contributed by atoms with Crippen LogP contribution in [0.5, 0.6) is 0 Å². The Balaban J connectivity index is 2.20. The van der Waals surface area contributed by atoms with Gasteiger partial charge in [-0.15, -0.1) is 0 Å². The highest BCUT2D eigenvalue weighted by atomic mass is 19.1. The lowest BCUT2D eigenvalue weighted by atomic mass is 10.0. The molecule has 0 spiro atoms.